The summed E-state index contributed by atoms with van der Waals surface area (Å²) in [5.41, 5.74) is -0.418. The van der Waals surface area contributed by atoms with Crippen molar-refractivity contribution in [1.29, 1.82) is 0 Å². The first-order valence-corrected chi connectivity index (χ1v) is 7.18. The van der Waals surface area contributed by atoms with Crippen LogP contribution in [-0.4, -0.2) is 16.2 Å². The van der Waals surface area contributed by atoms with E-state index in [1.54, 1.807) is 0 Å². The molecule has 0 amide bonds. The Kier molecular flexibility index (Phi) is 4.61. The average molecular weight is 298 g/mol. The van der Waals surface area contributed by atoms with Gasteiger partial charge in [-0.3, -0.25) is 4.79 Å². The Bertz CT molecular complexity index is 537. The third-order valence-electron chi connectivity index (χ3n) is 4.45. The van der Waals surface area contributed by atoms with Gasteiger partial charge in [-0.25, -0.2) is 8.78 Å². The number of halogens is 2. The summed E-state index contributed by atoms with van der Waals surface area (Å²) < 4.78 is 27.5. The Hall–Kier alpha value is -1.49. The molecule has 0 aliphatic heterocycles. The molecule has 1 saturated carbocycles. The minimum atomic E-state index is -1.18. The van der Waals surface area contributed by atoms with Gasteiger partial charge in [0.05, 0.1) is 12.5 Å². The molecule has 0 aromatic heterocycles. The van der Waals surface area contributed by atoms with Gasteiger partial charge in [0.15, 0.2) is 0 Å². The molecule has 5 heteroatoms. The summed E-state index contributed by atoms with van der Waals surface area (Å²) >= 11 is 0. The number of carboxylic acid groups (broad SMARTS) is 1. The SMILES string of the molecule is Cc1cc(F)c(C(O)CC2(CC(=O)O)CCCC2)cc1F. The minimum Gasteiger partial charge on any atom is -0.481 e. The van der Waals surface area contributed by atoms with E-state index in [0.29, 0.717) is 12.8 Å². The third kappa shape index (κ3) is 3.59. The first kappa shape index (κ1) is 15.9. The van der Waals surface area contributed by atoms with E-state index in [1.165, 1.54) is 6.92 Å². The maximum absolute atomic E-state index is 13.9. The maximum Gasteiger partial charge on any atom is 0.303 e. The van der Waals surface area contributed by atoms with Crippen LogP contribution in [0.1, 0.15) is 55.8 Å². The summed E-state index contributed by atoms with van der Waals surface area (Å²) in [5, 5.41) is 19.3. The van der Waals surface area contributed by atoms with Gasteiger partial charge in [0, 0.05) is 5.56 Å². The predicted molar refractivity (Wildman–Crippen MR) is 73.8 cm³/mol. The zero-order chi connectivity index (χ0) is 15.6. The smallest absolute Gasteiger partial charge is 0.303 e. The lowest BCUT2D eigenvalue weighted by Gasteiger charge is -2.30. The molecule has 2 rings (SSSR count). The Morgan fingerprint density at radius 2 is 1.90 bits per heavy atom. The number of aliphatic hydroxyl groups is 1. The summed E-state index contributed by atoms with van der Waals surface area (Å²) in [7, 11) is 0. The van der Waals surface area contributed by atoms with Crippen LogP contribution in [0.5, 0.6) is 0 Å². The molecule has 1 aliphatic carbocycles. The Labute approximate surface area is 122 Å². The van der Waals surface area contributed by atoms with Crippen molar-refractivity contribution < 1.29 is 23.8 Å². The van der Waals surface area contributed by atoms with Crippen LogP contribution in [0, 0.1) is 24.0 Å². The van der Waals surface area contributed by atoms with Crippen molar-refractivity contribution in [2.75, 3.05) is 0 Å². The van der Waals surface area contributed by atoms with E-state index in [1.807, 2.05) is 0 Å². The number of rotatable bonds is 5. The molecule has 1 aromatic carbocycles. The van der Waals surface area contributed by atoms with E-state index >= 15 is 0 Å². The Balaban J connectivity index is 2.21. The van der Waals surface area contributed by atoms with Gasteiger partial charge >= 0.3 is 5.97 Å². The standard InChI is InChI=1S/C16H20F2O3/c1-10-6-13(18)11(7-12(10)17)14(19)8-16(9-15(20)21)4-2-3-5-16/h6-7,14,19H,2-5,8-9H2,1H3,(H,20,21). The molecule has 0 radical (unpaired) electrons. The van der Waals surface area contributed by atoms with E-state index in [2.05, 4.69) is 0 Å². The van der Waals surface area contributed by atoms with Crippen molar-refractivity contribution in [3.05, 3.63) is 34.9 Å². The highest BCUT2D eigenvalue weighted by atomic mass is 19.1. The average Bonchev–Trinajstić information content (AvgIpc) is 2.80. The highest BCUT2D eigenvalue weighted by Crippen LogP contribution is 2.47. The highest BCUT2D eigenvalue weighted by molar-refractivity contribution is 5.67. The largest absolute Gasteiger partial charge is 0.481 e. The topological polar surface area (TPSA) is 57.5 Å². The number of carboxylic acids is 1. The second kappa shape index (κ2) is 6.10. The third-order valence-corrected chi connectivity index (χ3v) is 4.45. The van der Waals surface area contributed by atoms with E-state index in [9.17, 15) is 18.7 Å². The maximum atomic E-state index is 13.9. The van der Waals surface area contributed by atoms with Crippen LogP contribution in [0.15, 0.2) is 12.1 Å². The second-order valence-corrected chi connectivity index (χ2v) is 6.12. The molecule has 3 nitrogen and oxygen atoms in total. The van der Waals surface area contributed by atoms with Gasteiger partial charge in [-0.05, 0) is 49.3 Å². The quantitative estimate of drug-likeness (QED) is 0.870. The number of hydrogen-bond donors (Lipinski definition) is 2. The molecule has 0 heterocycles. The number of carbonyl (C=O) groups is 1. The minimum absolute atomic E-state index is 0.0416. The molecule has 2 N–H and O–H groups in total. The molecule has 1 aliphatic rings. The fourth-order valence-electron chi connectivity index (χ4n) is 3.34. The highest BCUT2D eigenvalue weighted by Gasteiger charge is 2.38. The number of aliphatic hydroxyl groups excluding tert-OH is 1. The molecule has 1 atom stereocenters. The van der Waals surface area contributed by atoms with Crippen molar-refractivity contribution in [1.82, 2.24) is 0 Å². The van der Waals surface area contributed by atoms with Crippen LogP contribution in [0.2, 0.25) is 0 Å². The normalized spacial score (nSPS) is 18.7. The van der Waals surface area contributed by atoms with E-state index in [0.717, 1.165) is 25.0 Å². The molecule has 0 spiro atoms. The molecule has 21 heavy (non-hydrogen) atoms. The lowest BCUT2D eigenvalue weighted by molar-refractivity contribution is -0.140. The van der Waals surface area contributed by atoms with Crippen molar-refractivity contribution in [2.45, 2.75) is 51.6 Å². The lowest BCUT2D eigenvalue weighted by Crippen LogP contribution is -2.24. The van der Waals surface area contributed by atoms with Gasteiger partial charge < -0.3 is 10.2 Å². The van der Waals surface area contributed by atoms with Gasteiger partial charge in [0.1, 0.15) is 11.6 Å². The number of aryl methyl sites for hydroxylation is 1. The van der Waals surface area contributed by atoms with Crippen molar-refractivity contribution in [3.63, 3.8) is 0 Å². The van der Waals surface area contributed by atoms with Crippen LogP contribution in [0.3, 0.4) is 0 Å². The second-order valence-electron chi connectivity index (χ2n) is 6.12. The van der Waals surface area contributed by atoms with Crippen LogP contribution >= 0.6 is 0 Å². The van der Waals surface area contributed by atoms with Crippen molar-refractivity contribution >= 4 is 5.97 Å². The monoisotopic (exact) mass is 298 g/mol. The summed E-state index contributed by atoms with van der Waals surface area (Å²) in [6.07, 6.45) is 2.14. The van der Waals surface area contributed by atoms with Crippen molar-refractivity contribution in [3.8, 4) is 0 Å². The molecular formula is C16H20F2O3. The first-order valence-electron chi connectivity index (χ1n) is 7.18. The lowest BCUT2D eigenvalue weighted by atomic mass is 9.76. The first-order chi connectivity index (χ1) is 9.83. The van der Waals surface area contributed by atoms with Crippen molar-refractivity contribution in [2.24, 2.45) is 5.41 Å². The van der Waals surface area contributed by atoms with E-state index < -0.39 is 29.1 Å². The molecule has 1 fully saturated rings. The molecule has 1 unspecified atom stereocenters. The number of hydrogen-bond acceptors (Lipinski definition) is 2. The van der Waals surface area contributed by atoms with Gasteiger partial charge in [-0.1, -0.05) is 12.8 Å². The Morgan fingerprint density at radius 3 is 2.48 bits per heavy atom. The van der Waals surface area contributed by atoms with Gasteiger partial charge in [0.25, 0.3) is 0 Å². The summed E-state index contributed by atoms with van der Waals surface area (Å²) in [5.74, 6) is -2.13. The molecule has 0 bridgehead atoms. The molecule has 116 valence electrons. The molecule has 1 aromatic rings. The van der Waals surface area contributed by atoms with Gasteiger partial charge in [-0.15, -0.1) is 0 Å². The number of aliphatic carboxylic acids is 1. The fraction of sp³-hybridized carbons (Fsp3) is 0.562. The molecule has 0 saturated heterocycles. The van der Waals surface area contributed by atoms with Gasteiger partial charge in [0.2, 0.25) is 0 Å². The zero-order valence-corrected chi connectivity index (χ0v) is 12.0. The van der Waals surface area contributed by atoms with E-state index in [4.69, 9.17) is 5.11 Å². The molecular weight excluding hydrogens is 278 g/mol. The van der Waals surface area contributed by atoms with E-state index in [-0.39, 0.29) is 24.0 Å². The van der Waals surface area contributed by atoms with Crippen LogP contribution in [0.4, 0.5) is 8.78 Å². The Morgan fingerprint density at radius 1 is 1.29 bits per heavy atom. The number of benzene rings is 1. The summed E-state index contributed by atoms with van der Waals surface area (Å²) in [6, 6.07) is 2.07. The summed E-state index contributed by atoms with van der Waals surface area (Å²) in [4.78, 5) is 11.0. The predicted octanol–water partition coefficient (Wildman–Crippen LogP) is 3.73. The van der Waals surface area contributed by atoms with Crippen LogP contribution in [-0.2, 0) is 4.79 Å². The van der Waals surface area contributed by atoms with Gasteiger partial charge in [-0.2, -0.15) is 0 Å². The fourth-order valence-corrected chi connectivity index (χ4v) is 3.34. The van der Waals surface area contributed by atoms with Crippen LogP contribution in [0.25, 0.3) is 0 Å². The summed E-state index contributed by atoms with van der Waals surface area (Å²) in [6.45, 7) is 1.46. The zero-order valence-electron chi connectivity index (χ0n) is 12.0. The van der Waals surface area contributed by atoms with Crippen LogP contribution < -0.4 is 0 Å².